The Morgan fingerprint density at radius 1 is 0.305 bits per heavy atom. The molecule has 0 heterocycles. The van der Waals surface area contributed by atoms with Gasteiger partial charge in [0.25, 0.3) is 0 Å². The fraction of sp³-hybridized carbons (Fsp3) is 0.937. The third-order valence-corrected chi connectivity index (χ3v) is 16.2. The summed E-state index contributed by atoms with van der Waals surface area (Å²) in [5.41, 5.74) is 0. The number of aliphatic hydroxyl groups is 1. The van der Waals surface area contributed by atoms with Crippen molar-refractivity contribution in [2.45, 2.75) is 318 Å². The smallest absolute Gasteiger partial charge is 0.462 e. The molecule has 0 aromatic carbocycles. The number of rotatable bonds is 60. The van der Waals surface area contributed by atoms with Crippen molar-refractivity contribution < 1.29 is 80.2 Å². The van der Waals surface area contributed by atoms with Crippen LogP contribution in [0.15, 0.2) is 0 Å². The van der Waals surface area contributed by atoms with Crippen LogP contribution >= 0.6 is 15.6 Å². The molecule has 0 aromatic heterocycles. The van der Waals surface area contributed by atoms with Crippen molar-refractivity contribution in [2.24, 2.45) is 23.7 Å². The van der Waals surface area contributed by atoms with Crippen molar-refractivity contribution in [1.82, 2.24) is 0 Å². The van der Waals surface area contributed by atoms with Crippen LogP contribution in [0.3, 0.4) is 0 Å². The average Bonchev–Trinajstić information content (AvgIpc) is 3.41. The standard InChI is InChI=1S/C63H122O17P2/c1-53(2)39-31-23-15-13-11-9-10-12-14-16-29-37-45-62(67)79-58(49-73-60(65)43-35-27-20-17-24-32-40-54(3)4)51-77-81(69,70)75-47-57(64)48-76-82(71,72)78-52-59(80-63(68)46-38-30-22-19-26-34-42-56(7)8)50-74-61(66)44-36-28-21-18-25-33-41-55(5)6/h53-59,64H,9-52H2,1-8H3,(H,69,70)(H,71,72)/t57-,58+,59+/m0/s1. The predicted octanol–water partition coefficient (Wildman–Crippen LogP) is 17.0. The number of carbonyl (C=O) groups is 4. The summed E-state index contributed by atoms with van der Waals surface area (Å²) in [5.74, 6) is 0.658. The Morgan fingerprint density at radius 2 is 0.512 bits per heavy atom. The number of phosphoric acid groups is 2. The molecule has 0 rings (SSSR count). The highest BCUT2D eigenvalue weighted by molar-refractivity contribution is 7.47. The number of aliphatic hydroxyl groups excluding tert-OH is 1. The maximum Gasteiger partial charge on any atom is 0.472 e. The van der Waals surface area contributed by atoms with Crippen LogP contribution in [0.5, 0.6) is 0 Å². The molecule has 0 saturated carbocycles. The molecule has 2 unspecified atom stereocenters. The molecule has 17 nitrogen and oxygen atoms in total. The van der Waals surface area contributed by atoms with Crippen LogP contribution in [-0.4, -0.2) is 96.7 Å². The topological polar surface area (TPSA) is 237 Å². The molecule has 0 aromatic rings. The van der Waals surface area contributed by atoms with Crippen molar-refractivity contribution in [1.29, 1.82) is 0 Å². The van der Waals surface area contributed by atoms with E-state index in [2.05, 4.69) is 55.4 Å². The number of esters is 4. The first kappa shape index (κ1) is 80.1. The monoisotopic (exact) mass is 1210 g/mol. The van der Waals surface area contributed by atoms with E-state index in [1.165, 1.54) is 89.9 Å². The zero-order valence-electron chi connectivity index (χ0n) is 53.1. The molecule has 3 N–H and O–H groups in total. The molecule has 0 saturated heterocycles. The second-order valence-electron chi connectivity index (χ2n) is 24.7. The van der Waals surface area contributed by atoms with Gasteiger partial charge in [0.2, 0.25) is 0 Å². The molecule has 486 valence electrons. The van der Waals surface area contributed by atoms with Crippen LogP contribution in [0.1, 0.15) is 299 Å². The van der Waals surface area contributed by atoms with Gasteiger partial charge in [-0.15, -0.1) is 0 Å². The molecule has 0 aliphatic rings. The van der Waals surface area contributed by atoms with E-state index >= 15 is 0 Å². The van der Waals surface area contributed by atoms with Crippen LogP contribution in [-0.2, 0) is 65.4 Å². The first-order valence-corrected chi connectivity index (χ1v) is 35.7. The first-order valence-electron chi connectivity index (χ1n) is 32.7. The molecule has 0 aliphatic carbocycles. The number of unbranched alkanes of at least 4 members (excludes halogenated alkanes) is 26. The summed E-state index contributed by atoms with van der Waals surface area (Å²) in [6.45, 7) is 13.8. The second kappa shape index (κ2) is 53.3. The SMILES string of the molecule is CC(C)CCCCCCCCCCCCCCC(=O)O[C@H](COC(=O)CCCCCCCCC(C)C)COP(=O)(O)OC[C@H](O)COP(=O)(O)OC[C@@H](COC(=O)CCCCCCCCC(C)C)OC(=O)CCCCCCCCC(C)C. The molecule has 19 heteroatoms. The van der Waals surface area contributed by atoms with Gasteiger partial charge in [0.1, 0.15) is 19.3 Å². The lowest BCUT2D eigenvalue weighted by Gasteiger charge is -2.21. The Morgan fingerprint density at radius 3 is 0.756 bits per heavy atom. The second-order valence-corrected chi connectivity index (χ2v) is 27.6. The quantitative estimate of drug-likeness (QED) is 0.0222. The van der Waals surface area contributed by atoms with Crippen molar-refractivity contribution in [3.8, 4) is 0 Å². The Kier molecular flexibility index (Phi) is 52.0. The molecular formula is C63H122O17P2. The summed E-state index contributed by atoms with van der Waals surface area (Å²) < 4.78 is 67.9. The highest BCUT2D eigenvalue weighted by Crippen LogP contribution is 2.45. The van der Waals surface area contributed by atoms with Crippen LogP contribution in [0.4, 0.5) is 0 Å². The summed E-state index contributed by atoms with van der Waals surface area (Å²) in [5, 5.41) is 10.5. The minimum absolute atomic E-state index is 0.100. The van der Waals surface area contributed by atoms with E-state index in [1.54, 1.807) is 0 Å². The summed E-state index contributed by atoms with van der Waals surface area (Å²) in [7, 11) is -9.88. The molecule has 82 heavy (non-hydrogen) atoms. The molecule has 0 radical (unpaired) electrons. The summed E-state index contributed by atoms with van der Waals surface area (Å²) >= 11 is 0. The van der Waals surface area contributed by atoms with Gasteiger partial charge < -0.3 is 33.8 Å². The number of hydrogen-bond donors (Lipinski definition) is 3. The number of ether oxygens (including phenoxy) is 4. The van der Waals surface area contributed by atoms with Crippen LogP contribution in [0.2, 0.25) is 0 Å². The Balaban J connectivity index is 5.22. The Labute approximate surface area is 498 Å². The van der Waals surface area contributed by atoms with E-state index in [9.17, 15) is 43.2 Å². The largest absolute Gasteiger partial charge is 0.472 e. The number of carbonyl (C=O) groups excluding carboxylic acids is 4. The van der Waals surface area contributed by atoms with Crippen LogP contribution in [0, 0.1) is 23.7 Å². The van der Waals surface area contributed by atoms with Gasteiger partial charge in [-0.25, -0.2) is 9.13 Å². The highest BCUT2D eigenvalue weighted by Gasteiger charge is 2.30. The van der Waals surface area contributed by atoms with Crippen LogP contribution < -0.4 is 0 Å². The first-order chi connectivity index (χ1) is 39.1. The van der Waals surface area contributed by atoms with Gasteiger partial charge >= 0.3 is 39.5 Å². The van der Waals surface area contributed by atoms with E-state index in [4.69, 9.17) is 37.0 Å². The van der Waals surface area contributed by atoms with Gasteiger partial charge in [-0.3, -0.25) is 37.3 Å². The van der Waals surface area contributed by atoms with Crippen molar-refractivity contribution >= 4 is 39.5 Å². The van der Waals surface area contributed by atoms with Gasteiger partial charge in [0.05, 0.1) is 26.4 Å². The van der Waals surface area contributed by atoms with E-state index in [0.29, 0.717) is 43.4 Å². The molecule has 0 bridgehead atoms. The average molecular weight is 1210 g/mol. The van der Waals surface area contributed by atoms with Gasteiger partial charge in [0, 0.05) is 25.7 Å². The molecule has 0 fully saturated rings. The number of phosphoric ester groups is 2. The highest BCUT2D eigenvalue weighted by atomic mass is 31.2. The summed E-state index contributed by atoms with van der Waals surface area (Å²) in [6.07, 6.45) is 32.6. The summed E-state index contributed by atoms with van der Waals surface area (Å²) in [4.78, 5) is 72.1. The normalized spacial score (nSPS) is 14.5. The Bertz CT molecular complexity index is 1640. The third kappa shape index (κ3) is 57.2. The maximum absolute atomic E-state index is 13.0. The fourth-order valence-electron chi connectivity index (χ4n) is 9.25. The minimum atomic E-state index is -4.94. The van der Waals surface area contributed by atoms with Gasteiger partial charge in [-0.05, 0) is 49.4 Å². The predicted molar refractivity (Wildman–Crippen MR) is 326 cm³/mol. The van der Waals surface area contributed by atoms with E-state index in [-0.39, 0.29) is 25.7 Å². The van der Waals surface area contributed by atoms with Crippen LogP contribution in [0.25, 0.3) is 0 Å². The lowest BCUT2D eigenvalue weighted by atomic mass is 10.0. The van der Waals surface area contributed by atoms with Gasteiger partial charge in [-0.2, -0.15) is 0 Å². The van der Waals surface area contributed by atoms with Gasteiger partial charge in [0.15, 0.2) is 12.2 Å². The zero-order valence-corrected chi connectivity index (χ0v) is 54.9. The van der Waals surface area contributed by atoms with Gasteiger partial charge in [-0.1, -0.05) is 248 Å². The Hall–Kier alpha value is -1.94. The molecule has 0 aliphatic heterocycles. The zero-order chi connectivity index (χ0) is 61.1. The lowest BCUT2D eigenvalue weighted by Crippen LogP contribution is -2.30. The molecule has 0 spiro atoms. The van der Waals surface area contributed by atoms with E-state index in [0.717, 1.165) is 109 Å². The summed E-state index contributed by atoms with van der Waals surface area (Å²) in [6, 6.07) is 0. The lowest BCUT2D eigenvalue weighted by molar-refractivity contribution is -0.161. The van der Waals surface area contributed by atoms with E-state index < -0.39 is 97.5 Å². The third-order valence-electron chi connectivity index (χ3n) is 14.3. The van der Waals surface area contributed by atoms with E-state index in [1.807, 2.05) is 0 Å². The molecule has 0 amide bonds. The molecular weight excluding hydrogens is 1090 g/mol. The van der Waals surface area contributed by atoms with Crippen molar-refractivity contribution in [2.75, 3.05) is 39.6 Å². The number of hydrogen-bond acceptors (Lipinski definition) is 15. The fourth-order valence-corrected chi connectivity index (χ4v) is 10.8. The van der Waals surface area contributed by atoms with Crippen molar-refractivity contribution in [3.05, 3.63) is 0 Å². The maximum atomic E-state index is 13.0. The molecule has 5 atom stereocenters. The van der Waals surface area contributed by atoms with Crippen molar-refractivity contribution in [3.63, 3.8) is 0 Å². The minimum Gasteiger partial charge on any atom is -0.462 e.